The molecule has 0 saturated carbocycles. The molecule has 0 aliphatic heterocycles. The Hall–Kier alpha value is -2.85. The van der Waals surface area contributed by atoms with Gasteiger partial charge in [-0.05, 0) is 52.1 Å². The van der Waals surface area contributed by atoms with Crippen LogP contribution in [0.1, 0.15) is 47.0 Å². The molecule has 0 aromatic carbocycles. The van der Waals surface area contributed by atoms with Crippen LogP contribution >= 0.6 is 0 Å². The monoisotopic (exact) mass is 533 g/mol. The Morgan fingerprint density at radius 2 is 1.14 bits per heavy atom. The van der Waals surface area contributed by atoms with Gasteiger partial charge in [0.1, 0.15) is 18.1 Å². The standard InChI is InChI=1S/C22H43N7O8/c1-10(2)9-15(27-18(32)13(25)5-7-23)20(34)28-16(11(3)30)21(35)26-14(6-8-24)19(33)29-17(12(4)31)22(36)37/h10-17,30-31H,5-9,23-25H2,1-4H3,(H,26,35)(H,27,32)(H,28,34)(H,29,33)(H,36,37)/t11-,12-,13+,14+,15-,16+,17+/m1/s1. The largest absolute Gasteiger partial charge is 0.480 e. The number of aliphatic carboxylic acids is 1. The molecular formula is C22H43N7O8. The lowest BCUT2D eigenvalue weighted by atomic mass is 10.0. The van der Waals surface area contributed by atoms with Gasteiger partial charge in [-0.3, -0.25) is 19.2 Å². The van der Waals surface area contributed by atoms with Crippen LogP contribution in [0.5, 0.6) is 0 Å². The minimum Gasteiger partial charge on any atom is -0.480 e. The second-order valence-electron chi connectivity index (χ2n) is 9.31. The van der Waals surface area contributed by atoms with E-state index in [1.54, 1.807) is 0 Å². The predicted octanol–water partition coefficient (Wildman–Crippen LogP) is -4.16. The summed E-state index contributed by atoms with van der Waals surface area (Å²) in [6.07, 6.45) is -2.54. The Balaban J connectivity index is 5.62. The van der Waals surface area contributed by atoms with Crippen LogP contribution < -0.4 is 38.5 Å². The van der Waals surface area contributed by atoms with Crippen molar-refractivity contribution >= 4 is 29.6 Å². The number of nitrogens with one attached hydrogen (secondary N) is 4. The van der Waals surface area contributed by atoms with Gasteiger partial charge in [0.25, 0.3) is 0 Å². The molecule has 0 radical (unpaired) electrons. The van der Waals surface area contributed by atoms with E-state index in [1.807, 2.05) is 13.8 Å². The highest BCUT2D eigenvalue weighted by atomic mass is 16.4. The Morgan fingerprint density at radius 1 is 0.676 bits per heavy atom. The number of amides is 4. The van der Waals surface area contributed by atoms with E-state index < -0.39 is 72.0 Å². The number of carbonyl (C=O) groups is 5. The molecule has 214 valence electrons. The summed E-state index contributed by atoms with van der Waals surface area (Å²) >= 11 is 0. The highest BCUT2D eigenvalue weighted by Gasteiger charge is 2.34. The van der Waals surface area contributed by atoms with Crippen molar-refractivity contribution in [3.63, 3.8) is 0 Å². The van der Waals surface area contributed by atoms with E-state index in [0.717, 1.165) is 0 Å². The number of aliphatic hydroxyl groups excluding tert-OH is 2. The highest BCUT2D eigenvalue weighted by Crippen LogP contribution is 2.07. The second kappa shape index (κ2) is 16.8. The van der Waals surface area contributed by atoms with Crippen molar-refractivity contribution in [2.75, 3.05) is 13.1 Å². The first-order valence-corrected chi connectivity index (χ1v) is 12.1. The zero-order valence-corrected chi connectivity index (χ0v) is 21.8. The molecular weight excluding hydrogens is 490 g/mol. The minimum absolute atomic E-state index is 0.0330. The van der Waals surface area contributed by atoms with E-state index in [-0.39, 0.29) is 38.3 Å². The third-order valence-electron chi connectivity index (χ3n) is 5.35. The molecule has 13 N–H and O–H groups in total. The summed E-state index contributed by atoms with van der Waals surface area (Å²) in [6, 6.07) is -6.50. The van der Waals surface area contributed by atoms with Gasteiger partial charge in [-0.1, -0.05) is 13.8 Å². The quantitative estimate of drug-likeness (QED) is 0.0856. The molecule has 15 nitrogen and oxygen atoms in total. The number of nitrogens with two attached hydrogens (primary N) is 3. The first-order valence-electron chi connectivity index (χ1n) is 12.1. The summed E-state index contributed by atoms with van der Waals surface area (Å²) in [4.78, 5) is 62.1. The number of hydrogen-bond acceptors (Lipinski definition) is 10. The van der Waals surface area contributed by atoms with Crippen LogP contribution in [-0.4, -0.2) is 100 Å². The van der Waals surface area contributed by atoms with Crippen LogP contribution in [0.15, 0.2) is 0 Å². The molecule has 0 unspecified atom stereocenters. The third kappa shape index (κ3) is 12.3. The molecule has 0 fully saturated rings. The van der Waals surface area contributed by atoms with Crippen molar-refractivity contribution < 1.29 is 39.3 Å². The van der Waals surface area contributed by atoms with E-state index in [1.165, 1.54) is 13.8 Å². The summed E-state index contributed by atoms with van der Waals surface area (Å²) in [6.45, 7) is 6.15. The van der Waals surface area contributed by atoms with Crippen LogP contribution in [0, 0.1) is 5.92 Å². The van der Waals surface area contributed by atoms with E-state index in [2.05, 4.69) is 21.3 Å². The number of aliphatic hydroxyl groups is 2. The molecule has 0 aromatic heterocycles. The van der Waals surface area contributed by atoms with Gasteiger partial charge >= 0.3 is 5.97 Å². The van der Waals surface area contributed by atoms with Gasteiger partial charge in [0, 0.05) is 0 Å². The number of carbonyl (C=O) groups excluding carboxylic acids is 4. The number of carboxylic acid groups (broad SMARTS) is 1. The number of rotatable bonds is 17. The van der Waals surface area contributed by atoms with Gasteiger partial charge in [0.05, 0.1) is 18.2 Å². The molecule has 0 aliphatic rings. The SMILES string of the molecule is CC(C)C[C@@H](NC(=O)[C@@H](N)CCN)C(=O)N[C@H](C(=O)N[C@@H](CCN)C(=O)N[C@H](C(=O)O)[C@@H](C)O)[C@@H](C)O. The molecule has 0 spiro atoms. The normalized spacial score (nSPS) is 16.9. The molecule has 0 saturated heterocycles. The number of carboxylic acids is 1. The lowest BCUT2D eigenvalue weighted by molar-refractivity contribution is -0.145. The summed E-state index contributed by atoms with van der Waals surface area (Å²) in [5, 5.41) is 38.3. The molecule has 0 aliphatic carbocycles. The van der Waals surface area contributed by atoms with Gasteiger partial charge in [-0.25, -0.2) is 4.79 Å². The van der Waals surface area contributed by atoms with Crippen LogP contribution in [0.2, 0.25) is 0 Å². The molecule has 0 rings (SSSR count). The molecule has 0 bridgehead atoms. The van der Waals surface area contributed by atoms with Crippen molar-refractivity contribution in [3.8, 4) is 0 Å². The summed E-state index contributed by atoms with van der Waals surface area (Å²) < 4.78 is 0. The average molecular weight is 534 g/mol. The first-order chi connectivity index (χ1) is 17.2. The smallest absolute Gasteiger partial charge is 0.328 e. The Bertz CT molecular complexity index is 778. The Labute approximate surface area is 216 Å². The Morgan fingerprint density at radius 3 is 1.57 bits per heavy atom. The lowest BCUT2D eigenvalue weighted by Gasteiger charge is -2.28. The van der Waals surface area contributed by atoms with E-state index in [9.17, 15) is 39.3 Å². The van der Waals surface area contributed by atoms with Crippen molar-refractivity contribution in [1.29, 1.82) is 0 Å². The van der Waals surface area contributed by atoms with Crippen LogP contribution in [-0.2, 0) is 24.0 Å². The molecule has 0 aromatic rings. The van der Waals surface area contributed by atoms with E-state index >= 15 is 0 Å². The summed E-state index contributed by atoms with van der Waals surface area (Å²) in [5.74, 6) is -4.76. The van der Waals surface area contributed by atoms with Gasteiger partial charge in [-0.2, -0.15) is 0 Å². The molecule has 37 heavy (non-hydrogen) atoms. The zero-order chi connectivity index (χ0) is 28.9. The topological polar surface area (TPSA) is 272 Å². The third-order valence-corrected chi connectivity index (χ3v) is 5.35. The summed E-state index contributed by atoms with van der Waals surface area (Å²) in [7, 11) is 0. The number of hydrogen-bond donors (Lipinski definition) is 10. The molecule has 0 heterocycles. The maximum atomic E-state index is 13.0. The average Bonchev–Trinajstić information content (AvgIpc) is 2.78. The zero-order valence-electron chi connectivity index (χ0n) is 21.8. The van der Waals surface area contributed by atoms with E-state index in [4.69, 9.17) is 17.2 Å². The van der Waals surface area contributed by atoms with Gasteiger partial charge < -0.3 is 53.8 Å². The minimum atomic E-state index is -1.64. The maximum absolute atomic E-state index is 13.0. The predicted molar refractivity (Wildman–Crippen MR) is 133 cm³/mol. The fourth-order valence-corrected chi connectivity index (χ4v) is 3.29. The van der Waals surface area contributed by atoms with Crippen molar-refractivity contribution in [1.82, 2.24) is 21.3 Å². The molecule has 15 heteroatoms. The van der Waals surface area contributed by atoms with E-state index in [0.29, 0.717) is 0 Å². The van der Waals surface area contributed by atoms with Gasteiger partial charge in [0.2, 0.25) is 23.6 Å². The van der Waals surface area contributed by atoms with Crippen molar-refractivity contribution in [3.05, 3.63) is 0 Å². The van der Waals surface area contributed by atoms with Crippen molar-refractivity contribution in [2.45, 2.75) is 89.4 Å². The Kier molecular flexibility index (Phi) is 15.5. The maximum Gasteiger partial charge on any atom is 0.328 e. The molecule has 7 atom stereocenters. The van der Waals surface area contributed by atoms with Crippen LogP contribution in [0.4, 0.5) is 0 Å². The van der Waals surface area contributed by atoms with Gasteiger partial charge in [0.15, 0.2) is 6.04 Å². The van der Waals surface area contributed by atoms with Gasteiger partial charge in [-0.15, -0.1) is 0 Å². The fraction of sp³-hybridized carbons (Fsp3) is 0.773. The van der Waals surface area contributed by atoms with Crippen LogP contribution in [0.3, 0.4) is 0 Å². The highest BCUT2D eigenvalue weighted by molar-refractivity contribution is 5.95. The fourth-order valence-electron chi connectivity index (χ4n) is 3.29. The lowest BCUT2D eigenvalue weighted by Crippen LogP contribution is -2.61. The van der Waals surface area contributed by atoms with Crippen molar-refractivity contribution in [2.24, 2.45) is 23.1 Å². The van der Waals surface area contributed by atoms with Crippen LogP contribution in [0.25, 0.3) is 0 Å². The molecule has 4 amide bonds. The first kappa shape index (κ1) is 34.1. The summed E-state index contributed by atoms with van der Waals surface area (Å²) in [5.41, 5.74) is 16.7. The second-order valence-corrected chi connectivity index (χ2v) is 9.31.